The summed E-state index contributed by atoms with van der Waals surface area (Å²) in [5.41, 5.74) is 0.464. The van der Waals surface area contributed by atoms with Crippen LogP contribution in [0.5, 0.6) is 0 Å². The van der Waals surface area contributed by atoms with Crippen LogP contribution in [0.1, 0.15) is 72.6 Å². The van der Waals surface area contributed by atoms with E-state index in [1.54, 1.807) is 0 Å². The van der Waals surface area contributed by atoms with Crippen LogP contribution in [0.15, 0.2) is 0 Å². The van der Waals surface area contributed by atoms with Gasteiger partial charge in [0, 0.05) is 30.7 Å². The first-order chi connectivity index (χ1) is 9.12. The highest BCUT2D eigenvalue weighted by Gasteiger charge is 2.43. The molecule has 0 amide bonds. The molecule has 112 valence electrons. The third kappa shape index (κ3) is 3.33. The summed E-state index contributed by atoms with van der Waals surface area (Å²) in [6, 6.07) is 1.50. The summed E-state index contributed by atoms with van der Waals surface area (Å²) >= 11 is 0. The zero-order valence-electron chi connectivity index (χ0n) is 13.5. The lowest BCUT2D eigenvalue weighted by Crippen LogP contribution is -2.66. The molecule has 1 heterocycles. The van der Waals surface area contributed by atoms with E-state index >= 15 is 0 Å². The van der Waals surface area contributed by atoms with Gasteiger partial charge in [0.25, 0.3) is 0 Å². The molecule has 2 heteroatoms. The Balaban J connectivity index is 2.08. The largest absolute Gasteiger partial charge is 0.308 e. The van der Waals surface area contributed by atoms with Crippen molar-refractivity contribution in [1.82, 2.24) is 10.2 Å². The van der Waals surface area contributed by atoms with Crippen LogP contribution in [0.2, 0.25) is 0 Å². The van der Waals surface area contributed by atoms with Gasteiger partial charge < -0.3 is 5.32 Å². The molecule has 2 aliphatic rings. The normalized spacial score (nSPS) is 30.6. The smallest absolute Gasteiger partial charge is 0.0309 e. The average Bonchev–Trinajstić information content (AvgIpc) is 2.86. The molecule has 1 spiro atoms. The fourth-order valence-corrected chi connectivity index (χ4v) is 4.21. The highest BCUT2D eigenvalue weighted by Crippen LogP contribution is 2.35. The van der Waals surface area contributed by atoms with E-state index in [1.807, 2.05) is 0 Å². The molecule has 0 bridgehead atoms. The third-order valence-corrected chi connectivity index (χ3v) is 5.73. The minimum Gasteiger partial charge on any atom is -0.308 e. The SMILES string of the molecule is CCCC(C)N1CC2(CCCC2)NCC1C(C)CC. The fraction of sp³-hybridized carbons (Fsp3) is 1.00. The molecule has 1 aliphatic heterocycles. The lowest BCUT2D eigenvalue weighted by molar-refractivity contribution is 0.0201. The van der Waals surface area contributed by atoms with E-state index in [9.17, 15) is 0 Å². The number of hydrogen-bond donors (Lipinski definition) is 1. The van der Waals surface area contributed by atoms with E-state index in [4.69, 9.17) is 0 Å². The summed E-state index contributed by atoms with van der Waals surface area (Å²) in [6.07, 6.45) is 9.61. The van der Waals surface area contributed by atoms with Crippen LogP contribution in [0.3, 0.4) is 0 Å². The number of hydrogen-bond acceptors (Lipinski definition) is 2. The Morgan fingerprint density at radius 2 is 1.89 bits per heavy atom. The topological polar surface area (TPSA) is 15.3 Å². The van der Waals surface area contributed by atoms with E-state index in [0.717, 1.165) is 18.0 Å². The Labute approximate surface area is 120 Å². The van der Waals surface area contributed by atoms with E-state index in [0.29, 0.717) is 5.54 Å². The van der Waals surface area contributed by atoms with Crippen LogP contribution < -0.4 is 5.32 Å². The molecule has 1 saturated heterocycles. The molecule has 1 aliphatic carbocycles. The Morgan fingerprint density at radius 1 is 1.21 bits per heavy atom. The minimum atomic E-state index is 0.464. The maximum atomic E-state index is 3.95. The highest BCUT2D eigenvalue weighted by atomic mass is 15.3. The predicted octanol–water partition coefficient (Wildman–Crippen LogP) is 3.81. The maximum absolute atomic E-state index is 3.95. The molecule has 0 aromatic rings. The molecule has 2 nitrogen and oxygen atoms in total. The van der Waals surface area contributed by atoms with E-state index in [1.165, 1.54) is 58.0 Å². The van der Waals surface area contributed by atoms with E-state index < -0.39 is 0 Å². The van der Waals surface area contributed by atoms with Gasteiger partial charge in [0.15, 0.2) is 0 Å². The Kier molecular flexibility index (Phi) is 5.30. The number of piperazine rings is 1. The van der Waals surface area contributed by atoms with Gasteiger partial charge in [-0.05, 0) is 32.1 Å². The monoisotopic (exact) mass is 266 g/mol. The second-order valence-corrected chi connectivity index (χ2v) is 7.13. The van der Waals surface area contributed by atoms with Crippen molar-refractivity contribution in [2.45, 2.75) is 90.3 Å². The van der Waals surface area contributed by atoms with Crippen LogP contribution in [0.4, 0.5) is 0 Å². The molecule has 2 fully saturated rings. The van der Waals surface area contributed by atoms with Crippen molar-refractivity contribution in [2.75, 3.05) is 13.1 Å². The van der Waals surface area contributed by atoms with E-state index in [-0.39, 0.29) is 0 Å². The number of rotatable bonds is 5. The molecule has 19 heavy (non-hydrogen) atoms. The van der Waals surface area contributed by atoms with Crippen molar-refractivity contribution >= 4 is 0 Å². The lowest BCUT2D eigenvalue weighted by atomic mass is 9.86. The van der Waals surface area contributed by atoms with Crippen LogP contribution in [0, 0.1) is 5.92 Å². The quantitative estimate of drug-likeness (QED) is 0.814. The van der Waals surface area contributed by atoms with Crippen molar-refractivity contribution in [2.24, 2.45) is 5.92 Å². The van der Waals surface area contributed by atoms with Crippen LogP contribution in [-0.2, 0) is 0 Å². The molecule has 0 radical (unpaired) electrons. The van der Waals surface area contributed by atoms with Crippen LogP contribution in [0.25, 0.3) is 0 Å². The van der Waals surface area contributed by atoms with Crippen molar-refractivity contribution < 1.29 is 0 Å². The summed E-state index contributed by atoms with van der Waals surface area (Å²) in [4.78, 5) is 2.86. The Morgan fingerprint density at radius 3 is 2.47 bits per heavy atom. The van der Waals surface area contributed by atoms with Crippen molar-refractivity contribution in [3.8, 4) is 0 Å². The standard InChI is InChI=1S/C17H34N2/c1-5-9-15(4)19-13-17(10-7-8-11-17)18-12-16(19)14(3)6-2/h14-16,18H,5-13H2,1-4H3. The van der Waals surface area contributed by atoms with Crippen LogP contribution in [-0.4, -0.2) is 35.6 Å². The summed E-state index contributed by atoms with van der Waals surface area (Å²) in [6.45, 7) is 12.1. The van der Waals surface area contributed by atoms with Crippen molar-refractivity contribution in [3.63, 3.8) is 0 Å². The second-order valence-electron chi connectivity index (χ2n) is 7.13. The van der Waals surface area contributed by atoms with Crippen molar-refractivity contribution in [3.05, 3.63) is 0 Å². The highest BCUT2D eigenvalue weighted by molar-refractivity contribution is 5.02. The summed E-state index contributed by atoms with van der Waals surface area (Å²) in [5, 5.41) is 3.95. The average molecular weight is 266 g/mol. The second kappa shape index (κ2) is 6.58. The maximum Gasteiger partial charge on any atom is 0.0309 e. The lowest BCUT2D eigenvalue weighted by Gasteiger charge is -2.50. The molecule has 1 N–H and O–H groups in total. The van der Waals surface area contributed by atoms with Gasteiger partial charge in [-0.25, -0.2) is 0 Å². The first-order valence-electron chi connectivity index (χ1n) is 8.62. The molecule has 0 aromatic heterocycles. The van der Waals surface area contributed by atoms with Gasteiger partial charge in [0.2, 0.25) is 0 Å². The van der Waals surface area contributed by atoms with Crippen LogP contribution >= 0.6 is 0 Å². The molecule has 1 saturated carbocycles. The van der Waals surface area contributed by atoms with Gasteiger partial charge in [-0.1, -0.05) is 46.5 Å². The predicted molar refractivity (Wildman–Crippen MR) is 83.5 cm³/mol. The third-order valence-electron chi connectivity index (χ3n) is 5.73. The fourth-order valence-electron chi connectivity index (χ4n) is 4.21. The van der Waals surface area contributed by atoms with Gasteiger partial charge in [-0.3, -0.25) is 4.90 Å². The van der Waals surface area contributed by atoms with Gasteiger partial charge in [0.05, 0.1) is 0 Å². The summed E-state index contributed by atoms with van der Waals surface area (Å²) < 4.78 is 0. The minimum absolute atomic E-state index is 0.464. The molecular formula is C17H34N2. The Hall–Kier alpha value is -0.0800. The van der Waals surface area contributed by atoms with Gasteiger partial charge in [-0.2, -0.15) is 0 Å². The zero-order chi connectivity index (χ0) is 13.9. The number of nitrogens with one attached hydrogen (secondary N) is 1. The molecule has 3 atom stereocenters. The van der Waals surface area contributed by atoms with Gasteiger partial charge >= 0.3 is 0 Å². The molecule has 3 unspecified atom stereocenters. The molecule has 0 aromatic carbocycles. The first-order valence-corrected chi connectivity index (χ1v) is 8.62. The van der Waals surface area contributed by atoms with Gasteiger partial charge in [-0.15, -0.1) is 0 Å². The van der Waals surface area contributed by atoms with Gasteiger partial charge in [0.1, 0.15) is 0 Å². The first kappa shape index (κ1) is 15.3. The summed E-state index contributed by atoms with van der Waals surface area (Å²) in [7, 11) is 0. The van der Waals surface area contributed by atoms with E-state index in [2.05, 4.69) is 37.9 Å². The molecular weight excluding hydrogens is 232 g/mol. The number of nitrogens with zero attached hydrogens (tertiary/aromatic N) is 1. The Bertz CT molecular complexity index is 270. The summed E-state index contributed by atoms with van der Waals surface area (Å²) in [5.74, 6) is 0.811. The molecule has 2 rings (SSSR count). The zero-order valence-corrected chi connectivity index (χ0v) is 13.5. The van der Waals surface area contributed by atoms with Crippen molar-refractivity contribution in [1.29, 1.82) is 0 Å².